The van der Waals surface area contributed by atoms with E-state index < -0.39 is 0 Å². The standard InChI is InChI=1S/C8H11N/c1-7-5-3-4-6-8(7)9-2/h3-6,8-9H,1H2,2H3. The second-order valence-corrected chi connectivity index (χ2v) is 2.09. The number of hydrogen-bond acceptors (Lipinski definition) is 1. The van der Waals surface area contributed by atoms with E-state index in [2.05, 4.69) is 18.0 Å². The van der Waals surface area contributed by atoms with Crippen molar-refractivity contribution in [2.75, 3.05) is 7.05 Å². The third-order valence-corrected chi connectivity index (χ3v) is 1.44. The second kappa shape index (κ2) is 2.65. The first kappa shape index (κ1) is 6.30. The van der Waals surface area contributed by atoms with Crippen LogP contribution in [0.4, 0.5) is 0 Å². The first-order chi connectivity index (χ1) is 4.34. The van der Waals surface area contributed by atoms with Crippen LogP contribution in [0.1, 0.15) is 0 Å². The minimum atomic E-state index is 0.343. The fourth-order valence-electron chi connectivity index (χ4n) is 0.863. The van der Waals surface area contributed by atoms with Crippen LogP contribution in [0, 0.1) is 0 Å². The smallest absolute Gasteiger partial charge is 0.0501 e. The summed E-state index contributed by atoms with van der Waals surface area (Å²) in [4.78, 5) is 0. The Morgan fingerprint density at radius 2 is 2.33 bits per heavy atom. The summed E-state index contributed by atoms with van der Waals surface area (Å²) in [6.07, 6.45) is 8.12. The summed E-state index contributed by atoms with van der Waals surface area (Å²) >= 11 is 0. The monoisotopic (exact) mass is 121 g/mol. The van der Waals surface area contributed by atoms with E-state index in [-0.39, 0.29) is 0 Å². The van der Waals surface area contributed by atoms with Gasteiger partial charge in [-0.15, -0.1) is 0 Å². The van der Waals surface area contributed by atoms with Crippen molar-refractivity contribution in [1.29, 1.82) is 0 Å². The molecule has 1 unspecified atom stereocenters. The Bertz CT molecular complexity index is 165. The number of likely N-dealkylation sites (N-methyl/N-ethyl adjacent to an activating group) is 1. The predicted octanol–water partition coefficient (Wildman–Crippen LogP) is 1.26. The van der Waals surface area contributed by atoms with E-state index >= 15 is 0 Å². The molecule has 0 aromatic rings. The topological polar surface area (TPSA) is 12.0 Å². The number of nitrogens with one attached hydrogen (secondary N) is 1. The highest BCUT2D eigenvalue weighted by atomic mass is 14.9. The zero-order chi connectivity index (χ0) is 6.69. The molecular weight excluding hydrogens is 110 g/mol. The minimum absolute atomic E-state index is 0.343. The van der Waals surface area contributed by atoms with Gasteiger partial charge >= 0.3 is 0 Å². The van der Waals surface area contributed by atoms with Crippen LogP contribution in [-0.2, 0) is 0 Å². The molecule has 0 aliphatic heterocycles. The van der Waals surface area contributed by atoms with Crippen molar-refractivity contribution in [1.82, 2.24) is 5.32 Å². The average molecular weight is 121 g/mol. The highest BCUT2D eigenvalue weighted by Crippen LogP contribution is 2.07. The SMILES string of the molecule is C=C1C=CC=CC1NC. The van der Waals surface area contributed by atoms with Gasteiger partial charge in [0.1, 0.15) is 0 Å². The van der Waals surface area contributed by atoms with Crippen LogP contribution < -0.4 is 5.32 Å². The first-order valence-corrected chi connectivity index (χ1v) is 3.05. The van der Waals surface area contributed by atoms with Gasteiger partial charge in [0.2, 0.25) is 0 Å². The van der Waals surface area contributed by atoms with Crippen molar-refractivity contribution < 1.29 is 0 Å². The Morgan fingerprint density at radius 3 is 2.78 bits per heavy atom. The van der Waals surface area contributed by atoms with Crippen LogP contribution in [0.3, 0.4) is 0 Å². The van der Waals surface area contributed by atoms with Crippen molar-refractivity contribution in [3.8, 4) is 0 Å². The van der Waals surface area contributed by atoms with E-state index in [0.29, 0.717) is 6.04 Å². The number of allylic oxidation sites excluding steroid dienone is 2. The normalized spacial score (nSPS) is 25.0. The summed E-state index contributed by atoms with van der Waals surface area (Å²) in [6, 6.07) is 0.343. The molecular formula is C8H11N. The molecule has 1 aliphatic rings. The summed E-state index contributed by atoms with van der Waals surface area (Å²) in [7, 11) is 1.93. The molecule has 1 rings (SSSR count). The number of rotatable bonds is 1. The molecule has 48 valence electrons. The summed E-state index contributed by atoms with van der Waals surface area (Å²) in [5.74, 6) is 0. The molecule has 0 saturated carbocycles. The molecule has 0 heterocycles. The summed E-state index contributed by atoms with van der Waals surface area (Å²) in [5, 5.41) is 3.12. The molecule has 0 amide bonds. The van der Waals surface area contributed by atoms with Crippen molar-refractivity contribution in [2.45, 2.75) is 6.04 Å². The Kier molecular flexibility index (Phi) is 1.85. The fourth-order valence-corrected chi connectivity index (χ4v) is 0.863. The van der Waals surface area contributed by atoms with Crippen LogP contribution in [0.25, 0.3) is 0 Å². The van der Waals surface area contributed by atoms with Crippen LogP contribution >= 0.6 is 0 Å². The highest BCUT2D eigenvalue weighted by molar-refractivity contribution is 5.33. The van der Waals surface area contributed by atoms with Crippen molar-refractivity contribution >= 4 is 0 Å². The van der Waals surface area contributed by atoms with Gasteiger partial charge in [-0.05, 0) is 12.6 Å². The van der Waals surface area contributed by atoms with E-state index in [1.807, 2.05) is 25.3 Å². The molecule has 0 bridgehead atoms. The van der Waals surface area contributed by atoms with Crippen molar-refractivity contribution in [3.05, 3.63) is 36.5 Å². The molecule has 1 N–H and O–H groups in total. The van der Waals surface area contributed by atoms with Gasteiger partial charge in [-0.3, -0.25) is 0 Å². The fraction of sp³-hybridized carbons (Fsp3) is 0.250. The third-order valence-electron chi connectivity index (χ3n) is 1.44. The van der Waals surface area contributed by atoms with Crippen molar-refractivity contribution in [2.24, 2.45) is 0 Å². The van der Waals surface area contributed by atoms with E-state index in [4.69, 9.17) is 0 Å². The molecule has 1 aliphatic carbocycles. The van der Waals surface area contributed by atoms with Gasteiger partial charge in [0.25, 0.3) is 0 Å². The quantitative estimate of drug-likeness (QED) is 0.550. The zero-order valence-corrected chi connectivity index (χ0v) is 5.59. The lowest BCUT2D eigenvalue weighted by Gasteiger charge is -2.13. The van der Waals surface area contributed by atoms with Crippen LogP contribution in [-0.4, -0.2) is 13.1 Å². The predicted molar refractivity (Wildman–Crippen MR) is 40.3 cm³/mol. The molecule has 0 radical (unpaired) electrons. The van der Waals surface area contributed by atoms with Gasteiger partial charge in [0, 0.05) is 0 Å². The second-order valence-electron chi connectivity index (χ2n) is 2.09. The molecule has 1 heteroatoms. The van der Waals surface area contributed by atoms with Crippen LogP contribution in [0.5, 0.6) is 0 Å². The minimum Gasteiger partial charge on any atom is -0.310 e. The lowest BCUT2D eigenvalue weighted by Crippen LogP contribution is -2.24. The zero-order valence-electron chi connectivity index (χ0n) is 5.59. The molecule has 0 spiro atoms. The van der Waals surface area contributed by atoms with Gasteiger partial charge < -0.3 is 5.32 Å². The summed E-state index contributed by atoms with van der Waals surface area (Å²) < 4.78 is 0. The lowest BCUT2D eigenvalue weighted by atomic mass is 10.0. The van der Waals surface area contributed by atoms with E-state index in [1.165, 1.54) is 0 Å². The maximum atomic E-state index is 3.87. The molecule has 0 fully saturated rings. The Balaban J connectivity index is 2.66. The lowest BCUT2D eigenvalue weighted by molar-refractivity contribution is 0.764. The molecule has 0 aromatic carbocycles. The largest absolute Gasteiger partial charge is 0.310 e. The van der Waals surface area contributed by atoms with E-state index in [9.17, 15) is 0 Å². The molecule has 9 heavy (non-hydrogen) atoms. The van der Waals surface area contributed by atoms with Crippen LogP contribution in [0.2, 0.25) is 0 Å². The van der Waals surface area contributed by atoms with Gasteiger partial charge in [-0.1, -0.05) is 30.9 Å². The van der Waals surface area contributed by atoms with Gasteiger partial charge in [-0.25, -0.2) is 0 Å². The van der Waals surface area contributed by atoms with E-state index in [1.54, 1.807) is 0 Å². The average Bonchev–Trinajstić information content (AvgIpc) is 1.89. The van der Waals surface area contributed by atoms with Gasteiger partial charge in [0.05, 0.1) is 6.04 Å². The van der Waals surface area contributed by atoms with Crippen molar-refractivity contribution in [3.63, 3.8) is 0 Å². The number of hydrogen-bond donors (Lipinski definition) is 1. The molecule has 0 aromatic heterocycles. The Labute approximate surface area is 55.8 Å². The highest BCUT2D eigenvalue weighted by Gasteiger charge is 2.03. The van der Waals surface area contributed by atoms with E-state index in [0.717, 1.165) is 5.57 Å². The molecule has 1 atom stereocenters. The van der Waals surface area contributed by atoms with Crippen LogP contribution in [0.15, 0.2) is 36.5 Å². The maximum absolute atomic E-state index is 3.87. The first-order valence-electron chi connectivity index (χ1n) is 3.05. The molecule has 1 nitrogen and oxygen atoms in total. The third kappa shape index (κ3) is 1.30. The Morgan fingerprint density at radius 1 is 1.56 bits per heavy atom. The van der Waals surface area contributed by atoms with Gasteiger partial charge in [0.15, 0.2) is 0 Å². The maximum Gasteiger partial charge on any atom is 0.0501 e. The molecule has 0 saturated heterocycles. The Hall–Kier alpha value is -0.820. The van der Waals surface area contributed by atoms with Gasteiger partial charge in [-0.2, -0.15) is 0 Å². The summed E-state index contributed by atoms with van der Waals surface area (Å²) in [6.45, 7) is 3.87. The summed E-state index contributed by atoms with van der Waals surface area (Å²) in [5.41, 5.74) is 1.13.